The lowest BCUT2D eigenvalue weighted by atomic mass is 10.2. The number of rotatable bonds is 2. The lowest BCUT2D eigenvalue weighted by molar-refractivity contribution is 0.112. The van der Waals surface area contributed by atoms with Crippen molar-refractivity contribution >= 4 is 17.9 Å². The molecule has 0 amide bonds. The molecule has 6 heteroatoms. The number of halogens is 4. The van der Waals surface area contributed by atoms with Gasteiger partial charge in [-0.25, -0.2) is 13.8 Å². The zero-order valence-corrected chi connectivity index (χ0v) is 6.86. The molecule has 2 nitrogen and oxygen atoms in total. The minimum Gasteiger partial charge on any atom is -0.298 e. The molecule has 0 saturated carbocycles. The van der Waals surface area contributed by atoms with Crippen LogP contribution in [0.1, 0.15) is 22.3 Å². The molecular formula is C7H3ClF3NO. The first-order valence-electron chi connectivity index (χ1n) is 3.15. The highest BCUT2D eigenvalue weighted by Crippen LogP contribution is 2.24. The van der Waals surface area contributed by atoms with Gasteiger partial charge >= 0.3 is 0 Å². The van der Waals surface area contributed by atoms with Crippen LogP contribution in [0, 0.1) is 5.95 Å². The van der Waals surface area contributed by atoms with Crippen molar-refractivity contribution in [3.05, 3.63) is 28.3 Å². The van der Waals surface area contributed by atoms with Gasteiger partial charge in [-0.15, -0.1) is 0 Å². The average Bonchev–Trinajstić information content (AvgIpc) is 2.03. The van der Waals surface area contributed by atoms with Crippen molar-refractivity contribution in [2.75, 3.05) is 0 Å². The standard InChI is InChI=1S/C7H3ClF3NO/c8-5-3(2-13)1-4(6(9)10)7(11)12-5/h1-2,6H. The highest BCUT2D eigenvalue weighted by Gasteiger charge is 2.17. The Morgan fingerprint density at radius 3 is 2.62 bits per heavy atom. The van der Waals surface area contributed by atoms with Crippen molar-refractivity contribution in [1.29, 1.82) is 0 Å². The fourth-order valence-electron chi connectivity index (χ4n) is 0.738. The number of aldehydes is 1. The fourth-order valence-corrected chi connectivity index (χ4v) is 0.911. The van der Waals surface area contributed by atoms with E-state index in [0.717, 1.165) is 0 Å². The maximum absolute atomic E-state index is 12.6. The van der Waals surface area contributed by atoms with Crippen LogP contribution in [0.15, 0.2) is 6.07 Å². The SMILES string of the molecule is O=Cc1cc(C(F)F)c(F)nc1Cl. The summed E-state index contributed by atoms with van der Waals surface area (Å²) in [5.41, 5.74) is -1.18. The second kappa shape index (κ2) is 3.74. The van der Waals surface area contributed by atoms with E-state index < -0.39 is 23.1 Å². The predicted octanol–water partition coefficient (Wildman–Crippen LogP) is 2.62. The van der Waals surface area contributed by atoms with Crippen molar-refractivity contribution < 1.29 is 18.0 Å². The Balaban J connectivity index is 3.30. The van der Waals surface area contributed by atoms with Gasteiger partial charge in [-0.3, -0.25) is 4.79 Å². The summed E-state index contributed by atoms with van der Waals surface area (Å²) in [6, 6.07) is 0.683. The lowest BCUT2D eigenvalue weighted by Gasteiger charge is -2.02. The Morgan fingerprint density at radius 1 is 1.54 bits per heavy atom. The van der Waals surface area contributed by atoms with Gasteiger partial charge in [0.2, 0.25) is 5.95 Å². The van der Waals surface area contributed by atoms with Gasteiger partial charge in [0.25, 0.3) is 6.43 Å². The summed E-state index contributed by atoms with van der Waals surface area (Å²) in [5, 5.41) is -0.420. The highest BCUT2D eigenvalue weighted by atomic mass is 35.5. The lowest BCUT2D eigenvalue weighted by Crippen LogP contribution is -1.98. The van der Waals surface area contributed by atoms with E-state index in [4.69, 9.17) is 11.6 Å². The summed E-state index contributed by atoms with van der Waals surface area (Å²) in [5.74, 6) is -1.36. The predicted molar refractivity (Wildman–Crippen MR) is 39.5 cm³/mol. The smallest absolute Gasteiger partial charge is 0.268 e. The average molecular weight is 210 g/mol. The minimum absolute atomic E-state index is 0.237. The van der Waals surface area contributed by atoms with Gasteiger partial charge in [0.05, 0.1) is 11.1 Å². The molecule has 0 aliphatic carbocycles. The molecule has 0 atom stereocenters. The van der Waals surface area contributed by atoms with Gasteiger partial charge in [-0.1, -0.05) is 11.6 Å². The molecule has 13 heavy (non-hydrogen) atoms. The largest absolute Gasteiger partial charge is 0.298 e. The first-order chi connectivity index (χ1) is 6.06. The van der Waals surface area contributed by atoms with Crippen LogP contribution in [0.3, 0.4) is 0 Å². The minimum atomic E-state index is -3.01. The zero-order chi connectivity index (χ0) is 10.0. The molecule has 0 unspecified atom stereocenters. The van der Waals surface area contributed by atoms with Crippen LogP contribution < -0.4 is 0 Å². The zero-order valence-electron chi connectivity index (χ0n) is 6.10. The second-order valence-corrected chi connectivity index (χ2v) is 2.53. The number of pyridine rings is 1. The van der Waals surface area contributed by atoms with E-state index in [1.54, 1.807) is 0 Å². The molecular weight excluding hydrogens is 207 g/mol. The molecule has 0 radical (unpaired) electrons. The van der Waals surface area contributed by atoms with Crippen LogP contribution in [0.4, 0.5) is 13.2 Å². The fraction of sp³-hybridized carbons (Fsp3) is 0.143. The third-order valence-electron chi connectivity index (χ3n) is 1.35. The first-order valence-corrected chi connectivity index (χ1v) is 3.53. The van der Waals surface area contributed by atoms with Crippen molar-refractivity contribution in [2.45, 2.75) is 6.43 Å². The summed E-state index contributed by atoms with van der Waals surface area (Å²) in [6.07, 6.45) is -2.77. The number of hydrogen-bond acceptors (Lipinski definition) is 2. The van der Waals surface area contributed by atoms with Crippen molar-refractivity contribution in [2.24, 2.45) is 0 Å². The van der Waals surface area contributed by atoms with E-state index >= 15 is 0 Å². The first kappa shape index (κ1) is 9.98. The maximum atomic E-state index is 12.6. The molecule has 1 rings (SSSR count). The van der Waals surface area contributed by atoms with E-state index in [1.807, 2.05) is 0 Å². The van der Waals surface area contributed by atoms with Gasteiger partial charge in [-0.2, -0.15) is 4.39 Å². The number of hydrogen-bond donors (Lipinski definition) is 0. The molecule has 1 aromatic heterocycles. The molecule has 0 spiro atoms. The summed E-state index contributed by atoms with van der Waals surface area (Å²) in [7, 11) is 0. The normalized spacial score (nSPS) is 10.5. The van der Waals surface area contributed by atoms with Crippen molar-refractivity contribution in [3.8, 4) is 0 Å². The Kier molecular flexibility index (Phi) is 2.87. The Bertz CT molecular complexity index is 343. The topological polar surface area (TPSA) is 30.0 Å². The Morgan fingerprint density at radius 2 is 2.15 bits per heavy atom. The van der Waals surface area contributed by atoms with Crippen LogP contribution in [-0.4, -0.2) is 11.3 Å². The van der Waals surface area contributed by atoms with Crippen LogP contribution in [0.5, 0.6) is 0 Å². The third kappa shape index (κ3) is 1.98. The highest BCUT2D eigenvalue weighted by molar-refractivity contribution is 6.31. The summed E-state index contributed by atoms with van der Waals surface area (Å²) in [6.45, 7) is 0. The number of nitrogens with zero attached hydrogens (tertiary/aromatic N) is 1. The molecule has 0 aliphatic heterocycles. The summed E-state index contributed by atoms with van der Waals surface area (Å²) in [4.78, 5) is 13.2. The van der Waals surface area contributed by atoms with Crippen LogP contribution in [0.25, 0.3) is 0 Å². The monoisotopic (exact) mass is 209 g/mol. The molecule has 0 saturated heterocycles. The van der Waals surface area contributed by atoms with E-state index in [-0.39, 0.29) is 11.8 Å². The van der Waals surface area contributed by atoms with E-state index in [9.17, 15) is 18.0 Å². The molecule has 1 aromatic rings. The van der Waals surface area contributed by atoms with Gasteiger partial charge in [0.1, 0.15) is 5.15 Å². The maximum Gasteiger partial charge on any atom is 0.268 e. The molecule has 0 aromatic carbocycles. The van der Waals surface area contributed by atoms with Gasteiger partial charge in [-0.05, 0) is 6.07 Å². The Hall–Kier alpha value is -1.10. The van der Waals surface area contributed by atoms with Crippen LogP contribution >= 0.6 is 11.6 Å². The summed E-state index contributed by atoms with van der Waals surface area (Å²) >= 11 is 5.28. The van der Waals surface area contributed by atoms with Crippen molar-refractivity contribution in [1.82, 2.24) is 4.98 Å². The molecule has 0 N–H and O–H groups in total. The van der Waals surface area contributed by atoms with Gasteiger partial charge in [0.15, 0.2) is 6.29 Å². The molecule has 0 aliphatic rings. The van der Waals surface area contributed by atoms with Gasteiger partial charge in [0, 0.05) is 0 Å². The molecule has 70 valence electrons. The Labute approximate surface area is 76.3 Å². The van der Waals surface area contributed by atoms with E-state index in [1.165, 1.54) is 0 Å². The quantitative estimate of drug-likeness (QED) is 0.554. The number of carbonyl (C=O) groups excluding carboxylic acids is 1. The third-order valence-corrected chi connectivity index (χ3v) is 1.65. The van der Waals surface area contributed by atoms with E-state index in [2.05, 4.69) is 4.98 Å². The van der Waals surface area contributed by atoms with Crippen LogP contribution in [-0.2, 0) is 0 Å². The van der Waals surface area contributed by atoms with Crippen LogP contribution in [0.2, 0.25) is 5.15 Å². The van der Waals surface area contributed by atoms with Crippen molar-refractivity contribution in [3.63, 3.8) is 0 Å². The summed E-state index contributed by atoms with van der Waals surface area (Å²) < 4.78 is 36.7. The molecule has 0 fully saturated rings. The van der Waals surface area contributed by atoms with Gasteiger partial charge < -0.3 is 0 Å². The molecule has 0 bridgehead atoms. The second-order valence-electron chi connectivity index (χ2n) is 2.17. The molecule has 1 heterocycles. The number of carbonyl (C=O) groups is 1. The number of alkyl halides is 2. The number of aromatic nitrogens is 1. The van der Waals surface area contributed by atoms with E-state index in [0.29, 0.717) is 6.07 Å².